The van der Waals surface area contributed by atoms with Crippen molar-refractivity contribution < 1.29 is 14.3 Å². The Bertz CT molecular complexity index is 313. The van der Waals surface area contributed by atoms with Gasteiger partial charge in [0, 0.05) is 13.2 Å². The van der Waals surface area contributed by atoms with Crippen LogP contribution in [0.3, 0.4) is 0 Å². The molecule has 0 aromatic carbocycles. The predicted molar refractivity (Wildman–Crippen MR) is 78.6 cm³/mol. The van der Waals surface area contributed by atoms with Gasteiger partial charge in [-0.2, -0.15) is 0 Å². The van der Waals surface area contributed by atoms with Gasteiger partial charge in [0.15, 0.2) is 0 Å². The van der Waals surface area contributed by atoms with Crippen molar-refractivity contribution in [2.75, 3.05) is 13.2 Å². The van der Waals surface area contributed by atoms with E-state index in [1.165, 1.54) is 12.8 Å². The van der Waals surface area contributed by atoms with Crippen LogP contribution in [0, 0.1) is 17.8 Å². The second-order valence-corrected chi connectivity index (χ2v) is 6.79. The maximum atomic E-state index is 12.0. The van der Waals surface area contributed by atoms with Crippen LogP contribution < -0.4 is 5.32 Å². The molecule has 1 heterocycles. The largest absolute Gasteiger partial charge is 0.446 e. The van der Waals surface area contributed by atoms with Gasteiger partial charge < -0.3 is 14.8 Å². The Morgan fingerprint density at radius 1 is 1.35 bits per heavy atom. The molecule has 4 atom stereocenters. The van der Waals surface area contributed by atoms with E-state index in [1.54, 1.807) is 0 Å². The molecule has 0 aromatic rings. The van der Waals surface area contributed by atoms with Crippen molar-refractivity contribution in [2.24, 2.45) is 17.8 Å². The molecule has 1 saturated heterocycles. The van der Waals surface area contributed by atoms with E-state index in [4.69, 9.17) is 9.47 Å². The standard InChI is InChI=1S/C16H29NO3/c1-11(2)14-7-6-12(3)9-15(14)20-16(18)17-10-13-5-4-8-19-13/h11-15H,4-10H2,1-3H3,(H,17,18)/t12-,13?,14?,15-/m0/s1. The molecule has 2 unspecified atom stereocenters. The molecule has 4 heteroatoms. The van der Waals surface area contributed by atoms with Crippen molar-refractivity contribution in [3.63, 3.8) is 0 Å². The maximum Gasteiger partial charge on any atom is 0.407 e. The van der Waals surface area contributed by atoms with Crippen LogP contribution in [0.15, 0.2) is 0 Å². The summed E-state index contributed by atoms with van der Waals surface area (Å²) in [5, 5.41) is 2.86. The number of carbonyl (C=O) groups excluding carboxylic acids is 1. The van der Waals surface area contributed by atoms with Gasteiger partial charge in [0.25, 0.3) is 0 Å². The highest BCUT2D eigenvalue weighted by atomic mass is 16.6. The van der Waals surface area contributed by atoms with Gasteiger partial charge in [-0.05, 0) is 43.4 Å². The van der Waals surface area contributed by atoms with Gasteiger partial charge in [-0.3, -0.25) is 0 Å². The van der Waals surface area contributed by atoms with Crippen LogP contribution >= 0.6 is 0 Å². The zero-order valence-electron chi connectivity index (χ0n) is 13.1. The highest BCUT2D eigenvalue weighted by Crippen LogP contribution is 2.35. The summed E-state index contributed by atoms with van der Waals surface area (Å²) in [6, 6.07) is 0. The number of alkyl carbamates (subject to hydrolysis) is 1. The Balaban J connectivity index is 1.77. The fourth-order valence-corrected chi connectivity index (χ4v) is 3.43. The van der Waals surface area contributed by atoms with Gasteiger partial charge in [-0.25, -0.2) is 4.79 Å². The lowest BCUT2D eigenvalue weighted by Gasteiger charge is -2.36. The minimum atomic E-state index is -0.273. The Hall–Kier alpha value is -0.770. The first-order chi connectivity index (χ1) is 9.56. The highest BCUT2D eigenvalue weighted by molar-refractivity contribution is 5.67. The molecule has 0 spiro atoms. The lowest BCUT2D eigenvalue weighted by Crippen LogP contribution is -2.40. The summed E-state index contributed by atoms with van der Waals surface area (Å²) in [6.45, 7) is 8.09. The molecule has 1 aliphatic heterocycles. The van der Waals surface area contributed by atoms with Crippen molar-refractivity contribution in [1.29, 1.82) is 0 Å². The van der Waals surface area contributed by atoms with E-state index >= 15 is 0 Å². The second-order valence-electron chi connectivity index (χ2n) is 6.79. The van der Waals surface area contributed by atoms with Crippen molar-refractivity contribution in [3.05, 3.63) is 0 Å². The molecule has 20 heavy (non-hydrogen) atoms. The van der Waals surface area contributed by atoms with Gasteiger partial charge in [0.1, 0.15) is 6.10 Å². The van der Waals surface area contributed by atoms with Gasteiger partial charge in [0.2, 0.25) is 0 Å². The normalized spacial score (nSPS) is 34.2. The molecule has 2 aliphatic rings. The molecule has 0 radical (unpaired) electrons. The molecule has 116 valence electrons. The lowest BCUT2D eigenvalue weighted by molar-refractivity contribution is 0.00431. The third-order valence-electron chi connectivity index (χ3n) is 4.72. The molecule has 0 aromatic heterocycles. The van der Waals surface area contributed by atoms with Crippen LogP contribution in [-0.2, 0) is 9.47 Å². The van der Waals surface area contributed by atoms with E-state index in [2.05, 4.69) is 26.1 Å². The maximum absolute atomic E-state index is 12.0. The Morgan fingerprint density at radius 2 is 2.15 bits per heavy atom. The van der Waals surface area contributed by atoms with Gasteiger partial charge >= 0.3 is 6.09 Å². The van der Waals surface area contributed by atoms with E-state index in [9.17, 15) is 4.79 Å². The van der Waals surface area contributed by atoms with Crippen LogP contribution in [0.2, 0.25) is 0 Å². The number of amides is 1. The van der Waals surface area contributed by atoms with Crippen LogP contribution in [0.4, 0.5) is 4.79 Å². The average Bonchev–Trinajstić information content (AvgIpc) is 2.89. The SMILES string of the molecule is CC(C)C1CC[C@H](C)C[C@@H]1OC(=O)NCC1CCCO1. The molecule has 1 N–H and O–H groups in total. The van der Waals surface area contributed by atoms with E-state index in [0.29, 0.717) is 24.3 Å². The van der Waals surface area contributed by atoms with Crippen molar-refractivity contribution in [1.82, 2.24) is 5.32 Å². The van der Waals surface area contributed by atoms with E-state index in [1.807, 2.05) is 0 Å². The first-order valence-electron chi connectivity index (χ1n) is 8.12. The first kappa shape index (κ1) is 15.6. The lowest BCUT2D eigenvalue weighted by atomic mass is 9.75. The van der Waals surface area contributed by atoms with Crippen LogP contribution in [0.5, 0.6) is 0 Å². The van der Waals surface area contributed by atoms with Crippen LogP contribution in [0.1, 0.15) is 52.9 Å². The molecule has 1 aliphatic carbocycles. The summed E-state index contributed by atoms with van der Waals surface area (Å²) in [5.41, 5.74) is 0. The molecular formula is C16H29NO3. The van der Waals surface area contributed by atoms with Crippen LogP contribution in [-0.4, -0.2) is 31.5 Å². The predicted octanol–water partition coefficient (Wildman–Crippen LogP) is 3.35. The Morgan fingerprint density at radius 3 is 2.80 bits per heavy atom. The van der Waals surface area contributed by atoms with Gasteiger partial charge in [0.05, 0.1) is 6.10 Å². The number of ether oxygens (including phenoxy) is 2. The quantitative estimate of drug-likeness (QED) is 0.860. The summed E-state index contributed by atoms with van der Waals surface area (Å²) < 4.78 is 11.2. The fourth-order valence-electron chi connectivity index (χ4n) is 3.43. The van der Waals surface area contributed by atoms with E-state index in [-0.39, 0.29) is 18.3 Å². The molecule has 2 fully saturated rings. The smallest absolute Gasteiger partial charge is 0.407 e. The molecule has 1 saturated carbocycles. The van der Waals surface area contributed by atoms with Crippen molar-refractivity contribution in [2.45, 2.75) is 65.1 Å². The van der Waals surface area contributed by atoms with Gasteiger partial charge in [-0.15, -0.1) is 0 Å². The number of carbonyl (C=O) groups is 1. The summed E-state index contributed by atoms with van der Waals surface area (Å²) in [6.07, 6.45) is 5.52. The zero-order valence-corrected chi connectivity index (χ0v) is 13.1. The first-order valence-corrected chi connectivity index (χ1v) is 8.12. The minimum Gasteiger partial charge on any atom is -0.446 e. The van der Waals surface area contributed by atoms with Crippen molar-refractivity contribution in [3.8, 4) is 0 Å². The molecule has 0 bridgehead atoms. The highest BCUT2D eigenvalue weighted by Gasteiger charge is 2.33. The summed E-state index contributed by atoms with van der Waals surface area (Å²) in [5.74, 6) is 1.72. The number of nitrogens with one attached hydrogen (secondary N) is 1. The van der Waals surface area contributed by atoms with Crippen molar-refractivity contribution >= 4 is 6.09 Å². The summed E-state index contributed by atoms with van der Waals surface area (Å²) in [4.78, 5) is 12.0. The molecule has 1 amide bonds. The average molecular weight is 283 g/mol. The summed E-state index contributed by atoms with van der Waals surface area (Å²) >= 11 is 0. The minimum absolute atomic E-state index is 0.0725. The topological polar surface area (TPSA) is 47.6 Å². The monoisotopic (exact) mass is 283 g/mol. The Kier molecular flexibility index (Phi) is 5.70. The second kappa shape index (κ2) is 7.30. The number of hydrogen-bond acceptors (Lipinski definition) is 3. The molecule has 4 nitrogen and oxygen atoms in total. The van der Waals surface area contributed by atoms with Crippen LogP contribution in [0.25, 0.3) is 0 Å². The van der Waals surface area contributed by atoms with E-state index in [0.717, 1.165) is 25.9 Å². The summed E-state index contributed by atoms with van der Waals surface area (Å²) in [7, 11) is 0. The third-order valence-corrected chi connectivity index (χ3v) is 4.72. The zero-order chi connectivity index (χ0) is 14.5. The fraction of sp³-hybridized carbons (Fsp3) is 0.938. The number of hydrogen-bond donors (Lipinski definition) is 1. The Labute approximate surface area is 122 Å². The van der Waals surface area contributed by atoms with Gasteiger partial charge in [-0.1, -0.05) is 27.2 Å². The number of rotatable bonds is 4. The van der Waals surface area contributed by atoms with E-state index < -0.39 is 0 Å². The molecule has 2 rings (SSSR count). The molecular weight excluding hydrogens is 254 g/mol. The third kappa shape index (κ3) is 4.37.